The summed E-state index contributed by atoms with van der Waals surface area (Å²) >= 11 is 0. The van der Waals surface area contributed by atoms with Crippen LogP contribution in [0.25, 0.3) is 11.4 Å². The van der Waals surface area contributed by atoms with Gasteiger partial charge < -0.3 is 9.64 Å². The van der Waals surface area contributed by atoms with Gasteiger partial charge in [0.25, 0.3) is 0 Å². The zero-order valence-electron chi connectivity index (χ0n) is 18.5. The number of rotatable bonds is 5. The maximum absolute atomic E-state index is 12.6. The molecule has 0 spiro atoms. The molecule has 0 atom stereocenters. The summed E-state index contributed by atoms with van der Waals surface area (Å²) in [4.78, 5) is 30.3. The highest BCUT2D eigenvalue weighted by Crippen LogP contribution is 2.29. The van der Waals surface area contributed by atoms with Crippen molar-refractivity contribution < 1.29 is 9.53 Å². The van der Waals surface area contributed by atoms with Crippen LogP contribution in [0.1, 0.15) is 29.7 Å². The van der Waals surface area contributed by atoms with Gasteiger partial charge in [0.15, 0.2) is 11.6 Å². The lowest BCUT2D eigenvalue weighted by Gasteiger charge is -2.29. The smallest absolute Gasteiger partial charge is 0.233 e. The Hall–Kier alpha value is -3.32. The van der Waals surface area contributed by atoms with E-state index in [-0.39, 0.29) is 12.0 Å². The van der Waals surface area contributed by atoms with E-state index in [1.807, 2.05) is 43.3 Å². The Balaban J connectivity index is 1.29. The molecule has 2 aromatic heterocycles. The molecule has 5 rings (SSSR count). The highest BCUT2D eigenvalue weighted by Gasteiger charge is 2.28. The first-order chi connectivity index (χ1) is 15.5. The fourth-order valence-electron chi connectivity index (χ4n) is 4.30. The van der Waals surface area contributed by atoms with Crippen molar-refractivity contribution in [3.63, 3.8) is 0 Å². The largest absolute Gasteiger partial charge is 0.487 e. The molecule has 1 saturated heterocycles. The Morgan fingerprint density at radius 1 is 1.09 bits per heavy atom. The van der Waals surface area contributed by atoms with E-state index in [4.69, 9.17) is 4.74 Å². The van der Waals surface area contributed by atoms with Crippen LogP contribution in [0.2, 0.25) is 0 Å². The van der Waals surface area contributed by atoms with Gasteiger partial charge in [-0.1, -0.05) is 24.3 Å². The molecule has 1 amide bonds. The highest BCUT2D eigenvalue weighted by atomic mass is 16.5. The number of pyridine rings is 1. The standard InChI is InChI=1S/C25H27N5O2/c1-17-6-7-20-13-23(31)30(25(20)28-17)16-18-4-3-5-19(12-18)24-26-14-22(15-27-24)32-21-8-10-29(2)11-9-21/h3-7,12,14-15,21H,8-11,13,16H2,1-2H3. The van der Waals surface area contributed by atoms with Gasteiger partial charge in [-0.2, -0.15) is 0 Å². The number of carbonyl (C=O) groups excluding carboxylic acids is 1. The molecule has 0 aliphatic carbocycles. The number of piperidine rings is 1. The Kier molecular flexibility index (Phi) is 5.57. The summed E-state index contributed by atoms with van der Waals surface area (Å²) in [6, 6.07) is 12.0. The van der Waals surface area contributed by atoms with Crippen molar-refractivity contribution in [2.75, 3.05) is 25.0 Å². The fraction of sp³-hybridized carbons (Fsp3) is 0.360. The number of carbonyl (C=O) groups is 1. The number of hydrogen-bond donors (Lipinski definition) is 0. The number of aryl methyl sites for hydroxylation is 1. The Bertz CT molecular complexity index is 1120. The predicted molar refractivity (Wildman–Crippen MR) is 122 cm³/mol. The number of nitrogens with zero attached hydrogens (tertiary/aromatic N) is 5. The van der Waals surface area contributed by atoms with E-state index in [0.717, 1.165) is 54.1 Å². The third kappa shape index (κ3) is 4.34. The number of ether oxygens (including phenoxy) is 1. The highest BCUT2D eigenvalue weighted by molar-refractivity contribution is 6.00. The molecule has 0 unspecified atom stereocenters. The van der Waals surface area contributed by atoms with Crippen molar-refractivity contribution in [2.45, 2.75) is 38.8 Å². The molecule has 2 aliphatic heterocycles. The summed E-state index contributed by atoms with van der Waals surface area (Å²) < 4.78 is 6.06. The molecule has 0 radical (unpaired) electrons. The maximum atomic E-state index is 12.6. The van der Waals surface area contributed by atoms with Crippen LogP contribution in [0.3, 0.4) is 0 Å². The average molecular weight is 430 g/mol. The van der Waals surface area contributed by atoms with E-state index < -0.39 is 0 Å². The number of hydrogen-bond acceptors (Lipinski definition) is 6. The fourth-order valence-corrected chi connectivity index (χ4v) is 4.30. The lowest BCUT2D eigenvalue weighted by Crippen LogP contribution is -2.35. The van der Waals surface area contributed by atoms with Gasteiger partial charge in [0.1, 0.15) is 11.9 Å². The molecule has 2 aliphatic rings. The zero-order chi connectivity index (χ0) is 22.1. The minimum atomic E-state index is 0.0789. The molecule has 32 heavy (non-hydrogen) atoms. The molecule has 7 heteroatoms. The van der Waals surface area contributed by atoms with E-state index in [2.05, 4.69) is 26.9 Å². The number of amides is 1. The quantitative estimate of drug-likeness (QED) is 0.619. The van der Waals surface area contributed by atoms with Gasteiger partial charge in [0.05, 0.1) is 25.4 Å². The molecule has 164 valence electrons. The van der Waals surface area contributed by atoms with Crippen molar-refractivity contribution in [1.82, 2.24) is 19.9 Å². The second-order valence-electron chi connectivity index (χ2n) is 8.66. The van der Waals surface area contributed by atoms with Crippen LogP contribution < -0.4 is 9.64 Å². The zero-order valence-corrected chi connectivity index (χ0v) is 18.5. The number of benzene rings is 1. The first-order valence-electron chi connectivity index (χ1n) is 11.1. The number of aromatic nitrogens is 3. The first-order valence-corrected chi connectivity index (χ1v) is 11.1. The van der Waals surface area contributed by atoms with Crippen molar-refractivity contribution in [3.8, 4) is 17.1 Å². The Labute approximate surface area is 188 Å². The summed E-state index contributed by atoms with van der Waals surface area (Å²) in [6.07, 6.45) is 6.17. The summed E-state index contributed by atoms with van der Waals surface area (Å²) in [7, 11) is 2.14. The average Bonchev–Trinajstić information content (AvgIpc) is 3.10. The first kappa shape index (κ1) is 20.6. The molecule has 1 aromatic carbocycles. The number of anilines is 1. The summed E-state index contributed by atoms with van der Waals surface area (Å²) in [5.41, 5.74) is 3.83. The SMILES string of the molecule is Cc1ccc2c(n1)N(Cc1cccc(-c3ncc(OC4CCN(C)CC4)cn3)c1)C(=O)C2. The molecule has 0 bridgehead atoms. The lowest BCUT2D eigenvalue weighted by atomic mass is 10.1. The molecule has 4 heterocycles. The van der Waals surface area contributed by atoms with E-state index >= 15 is 0 Å². The summed E-state index contributed by atoms with van der Waals surface area (Å²) in [5.74, 6) is 2.20. The second kappa shape index (κ2) is 8.67. The Morgan fingerprint density at radius 3 is 2.66 bits per heavy atom. The minimum absolute atomic E-state index is 0.0789. The third-order valence-corrected chi connectivity index (χ3v) is 6.12. The summed E-state index contributed by atoms with van der Waals surface area (Å²) in [6.45, 7) is 4.53. The molecule has 1 fully saturated rings. The van der Waals surface area contributed by atoms with Crippen molar-refractivity contribution in [2.24, 2.45) is 0 Å². The van der Waals surface area contributed by atoms with E-state index in [9.17, 15) is 4.79 Å². The van der Waals surface area contributed by atoms with Gasteiger partial charge in [-0.25, -0.2) is 15.0 Å². The summed E-state index contributed by atoms with van der Waals surface area (Å²) in [5, 5.41) is 0. The van der Waals surface area contributed by atoms with Gasteiger partial charge in [0, 0.05) is 29.9 Å². The molecule has 3 aromatic rings. The van der Waals surface area contributed by atoms with Crippen LogP contribution in [0.5, 0.6) is 5.75 Å². The van der Waals surface area contributed by atoms with Crippen LogP contribution in [-0.4, -0.2) is 52.0 Å². The van der Waals surface area contributed by atoms with Gasteiger partial charge in [-0.05, 0) is 44.5 Å². The lowest BCUT2D eigenvalue weighted by molar-refractivity contribution is -0.117. The predicted octanol–water partition coefficient (Wildman–Crippen LogP) is 3.41. The second-order valence-corrected chi connectivity index (χ2v) is 8.66. The molecule has 7 nitrogen and oxygen atoms in total. The monoisotopic (exact) mass is 429 g/mol. The topological polar surface area (TPSA) is 71.5 Å². The molecular formula is C25H27N5O2. The number of likely N-dealkylation sites (tertiary alicyclic amines) is 1. The van der Waals surface area contributed by atoms with Crippen LogP contribution in [0.4, 0.5) is 5.82 Å². The van der Waals surface area contributed by atoms with Gasteiger partial charge in [-0.3, -0.25) is 9.69 Å². The Morgan fingerprint density at radius 2 is 1.88 bits per heavy atom. The van der Waals surface area contributed by atoms with Crippen molar-refractivity contribution in [3.05, 3.63) is 65.6 Å². The minimum Gasteiger partial charge on any atom is -0.487 e. The van der Waals surface area contributed by atoms with Crippen molar-refractivity contribution in [1.29, 1.82) is 0 Å². The molecular weight excluding hydrogens is 402 g/mol. The van der Waals surface area contributed by atoms with Gasteiger partial charge >= 0.3 is 0 Å². The van der Waals surface area contributed by atoms with Crippen LogP contribution in [0, 0.1) is 6.92 Å². The third-order valence-electron chi connectivity index (χ3n) is 6.12. The van der Waals surface area contributed by atoms with Crippen molar-refractivity contribution >= 4 is 11.7 Å². The maximum Gasteiger partial charge on any atom is 0.233 e. The molecule has 0 saturated carbocycles. The van der Waals surface area contributed by atoms with Crippen LogP contribution in [-0.2, 0) is 17.8 Å². The van der Waals surface area contributed by atoms with Crippen LogP contribution in [0.15, 0.2) is 48.8 Å². The van der Waals surface area contributed by atoms with E-state index in [1.165, 1.54) is 0 Å². The van der Waals surface area contributed by atoms with Gasteiger partial charge in [-0.15, -0.1) is 0 Å². The van der Waals surface area contributed by atoms with E-state index in [0.29, 0.717) is 24.5 Å². The van der Waals surface area contributed by atoms with E-state index in [1.54, 1.807) is 17.3 Å². The van der Waals surface area contributed by atoms with Crippen LogP contribution >= 0.6 is 0 Å². The van der Waals surface area contributed by atoms with Gasteiger partial charge in [0.2, 0.25) is 5.91 Å². The normalized spacial score (nSPS) is 16.9. The molecule has 0 N–H and O–H groups in total. The number of fused-ring (bicyclic) bond motifs is 1.